The Bertz CT molecular complexity index is 2360. The van der Waals surface area contributed by atoms with Crippen LogP contribution in [0.5, 0.6) is 23.1 Å². The number of nitrogens with zero attached hydrogens (tertiary/aromatic N) is 4. The molecule has 6 rings (SSSR count). The number of rotatable bonds is 17. The van der Waals surface area contributed by atoms with Gasteiger partial charge in [-0.1, -0.05) is 45.0 Å². The van der Waals surface area contributed by atoms with Crippen molar-refractivity contribution in [3.05, 3.63) is 107 Å². The van der Waals surface area contributed by atoms with Gasteiger partial charge in [0.15, 0.2) is 14.1 Å². The number of benzene rings is 3. The summed E-state index contributed by atoms with van der Waals surface area (Å²) in [7, 11) is -0.370. The van der Waals surface area contributed by atoms with Crippen molar-refractivity contribution in [2.24, 2.45) is 0 Å². The van der Waals surface area contributed by atoms with E-state index in [1.54, 1.807) is 44.5 Å². The topological polar surface area (TPSA) is 124 Å². The normalized spacial score (nSPS) is 12.3. The van der Waals surface area contributed by atoms with Crippen molar-refractivity contribution in [3.63, 3.8) is 0 Å². The molecule has 3 aromatic carbocycles. The fourth-order valence-electron chi connectivity index (χ4n) is 5.70. The van der Waals surface area contributed by atoms with Crippen LogP contribution < -0.4 is 18.9 Å². The number of carbonyl (C=O) groups excluding carboxylic acids is 1. The summed E-state index contributed by atoms with van der Waals surface area (Å²) in [5, 5.41) is 0.640. The zero-order valence-electron chi connectivity index (χ0n) is 33.5. The van der Waals surface area contributed by atoms with Crippen LogP contribution in [0.3, 0.4) is 0 Å². The van der Waals surface area contributed by atoms with Gasteiger partial charge in [-0.25, -0.2) is 29.1 Å². The summed E-state index contributed by atoms with van der Waals surface area (Å²) in [6.45, 7) is 13.7. The number of halogens is 2. The molecule has 11 nitrogen and oxygen atoms in total. The maximum absolute atomic E-state index is 13.8. The van der Waals surface area contributed by atoms with Gasteiger partial charge in [-0.05, 0) is 95.1 Å². The molecule has 15 heteroatoms. The molecule has 0 aliphatic rings. The molecule has 58 heavy (non-hydrogen) atoms. The molecule has 1 atom stereocenters. The van der Waals surface area contributed by atoms with Gasteiger partial charge in [0.05, 0.1) is 46.3 Å². The van der Waals surface area contributed by atoms with Gasteiger partial charge in [0.2, 0.25) is 12.0 Å². The standard InChI is InChI=1S/C43H46BrFN4O7SSi/c1-8-52-42(50)35(56-40-36-37(44)38(57-41(36)48-26-47-40)27-13-15-29(45)16-14-27)24-28-23-31(53-21-22-55-58(6,7)43(2,3)4)17-18-33(28)54-25-30-19-20-46-39(49-30)32-11-9-10-12-34(32)51-5/h9-20,23,26,35H,8,21-22,24-25H2,1-7H3/t35-/m1/s1. The molecule has 0 aliphatic heterocycles. The Morgan fingerprint density at radius 1 is 0.948 bits per heavy atom. The van der Waals surface area contributed by atoms with Crippen molar-refractivity contribution in [2.45, 2.75) is 65.0 Å². The predicted octanol–water partition coefficient (Wildman–Crippen LogP) is 10.3. The van der Waals surface area contributed by atoms with Crippen LogP contribution in [0.15, 0.2) is 89.8 Å². The average Bonchev–Trinajstić information content (AvgIpc) is 3.55. The third kappa shape index (κ3) is 10.2. The van der Waals surface area contributed by atoms with Crippen molar-refractivity contribution < 1.29 is 37.3 Å². The van der Waals surface area contributed by atoms with Crippen molar-refractivity contribution >= 4 is 51.8 Å². The number of ether oxygens (including phenoxy) is 5. The Kier molecular flexibility index (Phi) is 13.8. The molecule has 0 aliphatic carbocycles. The number of thiophene rings is 1. The van der Waals surface area contributed by atoms with Gasteiger partial charge < -0.3 is 28.1 Å². The monoisotopic (exact) mass is 888 g/mol. The molecule has 0 radical (unpaired) electrons. The predicted molar refractivity (Wildman–Crippen MR) is 229 cm³/mol. The first kappa shape index (κ1) is 42.6. The van der Waals surface area contributed by atoms with E-state index in [-0.39, 0.29) is 36.4 Å². The fraction of sp³-hybridized carbons (Fsp3) is 0.326. The van der Waals surface area contributed by atoms with E-state index in [1.807, 2.05) is 36.4 Å². The molecule has 0 spiro atoms. The smallest absolute Gasteiger partial charge is 0.347 e. The average molecular weight is 890 g/mol. The number of esters is 1. The Balaban J connectivity index is 1.30. The Hall–Kier alpha value is -4.96. The summed E-state index contributed by atoms with van der Waals surface area (Å²) in [5.74, 6) is 1.46. The first-order chi connectivity index (χ1) is 27.8. The Labute approximate surface area is 351 Å². The molecule has 0 bridgehead atoms. The zero-order valence-corrected chi connectivity index (χ0v) is 36.9. The maximum atomic E-state index is 13.8. The molecule has 0 unspecified atom stereocenters. The van der Waals surface area contributed by atoms with Crippen LogP contribution in [0.2, 0.25) is 18.1 Å². The number of hydrogen-bond acceptors (Lipinski definition) is 12. The number of fused-ring (bicyclic) bond motifs is 1. The molecule has 6 aromatic rings. The number of methoxy groups -OCH3 is 1. The van der Waals surface area contributed by atoms with Gasteiger partial charge >= 0.3 is 5.97 Å². The lowest BCUT2D eigenvalue weighted by Gasteiger charge is -2.36. The number of hydrogen-bond donors (Lipinski definition) is 0. The van der Waals surface area contributed by atoms with E-state index < -0.39 is 20.4 Å². The van der Waals surface area contributed by atoms with Gasteiger partial charge in [0.25, 0.3) is 0 Å². The molecule has 0 amide bonds. The summed E-state index contributed by atoms with van der Waals surface area (Å²) in [6, 6.07) is 20.9. The van der Waals surface area contributed by atoms with Crippen molar-refractivity contribution in [1.82, 2.24) is 19.9 Å². The molecule has 304 valence electrons. The van der Waals surface area contributed by atoms with Crippen LogP contribution in [0.1, 0.15) is 39.0 Å². The molecule has 3 heterocycles. The summed E-state index contributed by atoms with van der Waals surface area (Å²) in [6.07, 6.45) is 1.96. The summed E-state index contributed by atoms with van der Waals surface area (Å²) in [5.41, 5.74) is 2.80. The highest BCUT2D eigenvalue weighted by Crippen LogP contribution is 2.45. The van der Waals surface area contributed by atoms with E-state index in [4.69, 9.17) is 33.1 Å². The maximum Gasteiger partial charge on any atom is 0.347 e. The second kappa shape index (κ2) is 18.7. The lowest BCUT2D eigenvalue weighted by atomic mass is 10.1. The second-order valence-electron chi connectivity index (χ2n) is 14.8. The Morgan fingerprint density at radius 2 is 1.72 bits per heavy atom. The molecule has 3 aromatic heterocycles. The summed E-state index contributed by atoms with van der Waals surface area (Å²) in [4.78, 5) is 33.2. The molecule has 0 saturated heterocycles. The van der Waals surface area contributed by atoms with Crippen LogP contribution in [-0.4, -0.2) is 67.3 Å². The quantitative estimate of drug-likeness (QED) is 0.0494. The molecular weight excluding hydrogens is 844 g/mol. The van der Waals surface area contributed by atoms with Crippen LogP contribution in [-0.2, 0) is 27.0 Å². The highest BCUT2D eigenvalue weighted by molar-refractivity contribution is 9.10. The second-order valence-corrected chi connectivity index (χ2v) is 21.4. The van der Waals surface area contributed by atoms with E-state index in [1.165, 1.54) is 29.8 Å². The van der Waals surface area contributed by atoms with Crippen LogP contribution >= 0.6 is 27.3 Å². The molecule has 0 N–H and O–H groups in total. The molecular formula is C43H46BrFN4O7SSi. The number of carbonyl (C=O) groups is 1. The SMILES string of the molecule is CCOC(=O)[C@@H](Cc1cc(OCCO[Si](C)(C)C(C)(C)C)ccc1OCc1ccnc(-c2ccccc2OC)n1)Oc1ncnc2sc(-c3ccc(F)cc3)c(Br)c12. The van der Waals surface area contributed by atoms with Gasteiger partial charge in [-0.3, -0.25) is 0 Å². The van der Waals surface area contributed by atoms with Crippen molar-refractivity contribution in [1.29, 1.82) is 0 Å². The van der Waals surface area contributed by atoms with E-state index in [0.717, 1.165) is 16.0 Å². The van der Waals surface area contributed by atoms with Crippen LogP contribution in [0, 0.1) is 5.82 Å². The van der Waals surface area contributed by atoms with Crippen LogP contribution in [0.4, 0.5) is 4.39 Å². The van der Waals surface area contributed by atoms with Gasteiger partial charge in [-0.2, -0.15) is 0 Å². The minimum absolute atomic E-state index is 0.0418. The van der Waals surface area contributed by atoms with Gasteiger partial charge in [0, 0.05) is 18.2 Å². The largest absolute Gasteiger partial charge is 0.496 e. The van der Waals surface area contributed by atoms with E-state index in [2.05, 4.69) is 64.7 Å². The van der Waals surface area contributed by atoms with E-state index >= 15 is 0 Å². The first-order valence-electron chi connectivity index (χ1n) is 18.8. The first-order valence-corrected chi connectivity index (χ1v) is 23.3. The van der Waals surface area contributed by atoms with Gasteiger partial charge in [0.1, 0.15) is 47.4 Å². The third-order valence-electron chi connectivity index (χ3n) is 9.80. The van der Waals surface area contributed by atoms with Gasteiger partial charge in [-0.15, -0.1) is 11.3 Å². The summed E-state index contributed by atoms with van der Waals surface area (Å²) < 4.78 is 50.9. The minimum atomic E-state index is -1.97. The highest BCUT2D eigenvalue weighted by atomic mass is 79.9. The van der Waals surface area contributed by atoms with E-state index in [9.17, 15) is 9.18 Å². The Morgan fingerprint density at radius 3 is 2.47 bits per heavy atom. The lowest BCUT2D eigenvalue weighted by Crippen LogP contribution is -2.41. The zero-order chi connectivity index (χ0) is 41.5. The van der Waals surface area contributed by atoms with E-state index in [0.29, 0.717) is 62.2 Å². The molecule has 0 fully saturated rings. The minimum Gasteiger partial charge on any atom is -0.496 e. The lowest BCUT2D eigenvalue weighted by molar-refractivity contribution is -0.151. The summed E-state index contributed by atoms with van der Waals surface area (Å²) >= 11 is 5.10. The van der Waals surface area contributed by atoms with Crippen molar-refractivity contribution in [3.8, 4) is 45.0 Å². The highest BCUT2D eigenvalue weighted by Gasteiger charge is 2.37. The third-order valence-corrected chi connectivity index (χ3v) is 16.5. The molecule has 0 saturated carbocycles. The number of aromatic nitrogens is 4. The fourth-order valence-corrected chi connectivity index (χ4v) is 8.72. The number of para-hydroxylation sites is 1. The van der Waals surface area contributed by atoms with Crippen LogP contribution in [0.25, 0.3) is 32.0 Å². The van der Waals surface area contributed by atoms with Crippen molar-refractivity contribution in [2.75, 3.05) is 26.9 Å².